The fourth-order valence-corrected chi connectivity index (χ4v) is 2.86. The Morgan fingerprint density at radius 2 is 1.88 bits per heavy atom. The molecular formula is C10H12F3NO3. The van der Waals surface area contributed by atoms with E-state index in [9.17, 15) is 22.8 Å². The molecule has 2 aliphatic rings. The molecule has 2 rings (SSSR count). The second-order valence-corrected chi connectivity index (χ2v) is 4.74. The van der Waals surface area contributed by atoms with Gasteiger partial charge in [0.1, 0.15) is 0 Å². The zero-order valence-electron chi connectivity index (χ0n) is 8.88. The first-order chi connectivity index (χ1) is 7.77. The average Bonchev–Trinajstić information content (AvgIpc) is 2.05. The number of carbonyl (C=O) groups excluding carboxylic acids is 1. The minimum atomic E-state index is -4.90. The number of carboxylic acid groups (broad SMARTS) is 1. The molecule has 17 heavy (non-hydrogen) atoms. The van der Waals surface area contributed by atoms with Gasteiger partial charge < -0.3 is 10.4 Å². The van der Waals surface area contributed by atoms with E-state index in [1.54, 1.807) is 0 Å². The predicted octanol–water partition coefficient (Wildman–Crippen LogP) is 1.31. The molecule has 0 aromatic carbocycles. The molecule has 2 N–H and O–H groups in total. The van der Waals surface area contributed by atoms with E-state index in [-0.39, 0.29) is 6.42 Å². The van der Waals surface area contributed by atoms with Gasteiger partial charge in [-0.2, -0.15) is 13.2 Å². The molecule has 2 aliphatic carbocycles. The number of hydrogen-bond donors (Lipinski definition) is 2. The Balaban J connectivity index is 2.01. The van der Waals surface area contributed by atoms with Crippen molar-refractivity contribution in [3.63, 3.8) is 0 Å². The fraction of sp³-hybridized carbons (Fsp3) is 0.800. The maximum Gasteiger partial charge on any atom is 0.471 e. The SMILES string of the molecule is O=C(O)C1CC(NC(=O)C(F)(F)F)C12CCC2. The van der Waals surface area contributed by atoms with Gasteiger partial charge in [-0.25, -0.2) is 0 Å². The van der Waals surface area contributed by atoms with Gasteiger partial charge in [0.15, 0.2) is 0 Å². The van der Waals surface area contributed by atoms with Gasteiger partial charge in [0, 0.05) is 11.5 Å². The second-order valence-electron chi connectivity index (χ2n) is 4.74. The molecule has 2 fully saturated rings. The lowest BCUT2D eigenvalue weighted by Gasteiger charge is -2.59. The van der Waals surface area contributed by atoms with E-state index >= 15 is 0 Å². The molecule has 2 atom stereocenters. The van der Waals surface area contributed by atoms with Crippen molar-refractivity contribution in [3.8, 4) is 0 Å². The number of alkyl halides is 3. The molecule has 0 heterocycles. The van der Waals surface area contributed by atoms with E-state index in [2.05, 4.69) is 0 Å². The van der Waals surface area contributed by atoms with Crippen molar-refractivity contribution < 1.29 is 27.9 Å². The average molecular weight is 251 g/mol. The molecule has 7 heteroatoms. The lowest BCUT2D eigenvalue weighted by atomic mass is 9.47. The van der Waals surface area contributed by atoms with Gasteiger partial charge in [-0.1, -0.05) is 6.42 Å². The number of carbonyl (C=O) groups is 2. The molecule has 0 aromatic rings. The van der Waals surface area contributed by atoms with Crippen molar-refractivity contribution in [2.45, 2.75) is 37.9 Å². The number of rotatable bonds is 2. The Hall–Kier alpha value is -1.27. The molecule has 2 saturated carbocycles. The van der Waals surface area contributed by atoms with Crippen molar-refractivity contribution >= 4 is 11.9 Å². The topological polar surface area (TPSA) is 66.4 Å². The number of aliphatic carboxylic acids is 1. The number of halogens is 3. The second kappa shape index (κ2) is 3.61. The van der Waals surface area contributed by atoms with E-state index in [0.717, 1.165) is 6.42 Å². The van der Waals surface area contributed by atoms with Gasteiger partial charge >= 0.3 is 18.1 Å². The zero-order valence-corrected chi connectivity index (χ0v) is 8.88. The van der Waals surface area contributed by atoms with Crippen molar-refractivity contribution in [3.05, 3.63) is 0 Å². The first-order valence-electron chi connectivity index (χ1n) is 5.38. The molecular weight excluding hydrogens is 239 g/mol. The summed E-state index contributed by atoms with van der Waals surface area (Å²) < 4.78 is 36.2. The Morgan fingerprint density at radius 1 is 1.29 bits per heavy atom. The largest absolute Gasteiger partial charge is 0.481 e. The number of hydrogen-bond acceptors (Lipinski definition) is 2. The van der Waals surface area contributed by atoms with Crippen LogP contribution in [0.2, 0.25) is 0 Å². The molecule has 0 radical (unpaired) electrons. The lowest BCUT2D eigenvalue weighted by Crippen LogP contribution is -2.67. The number of nitrogens with one attached hydrogen (secondary N) is 1. The minimum Gasteiger partial charge on any atom is -0.481 e. The molecule has 96 valence electrons. The normalized spacial score (nSPS) is 30.3. The van der Waals surface area contributed by atoms with Crippen molar-refractivity contribution in [1.82, 2.24) is 5.32 Å². The number of carboxylic acids is 1. The fourth-order valence-electron chi connectivity index (χ4n) is 2.86. The lowest BCUT2D eigenvalue weighted by molar-refractivity contribution is -0.185. The van der Waals surface area contributed by atoms with Crippen LogP contribution in [0.4, 0.5) is 13.2 Å². The summed E-state index contributed by atoms with van der Waals surface area (Å²) in [5.41, 5.74) is -0.632. The number of amides is 1. The smallest absolute Gasteiger partial charge is 0.471 e. The van der Waals surface area contributed by atoms with Crippen LogP contribution in [0.25, 0.3) is 0 Å². The van der Waals surface area contributed by atoms with E-state index in [4.69, 9.17) is 5.11 Å². The third kappa shape index (κ3) is 1.77. The summed E-state index contributed by atoms with van der Waals surface area (Å²) in [7, 11) is 0. The first-order valence-corrected chi connectivity index (χ1v) is 5.38. The van der Waals surface area contributed by atoms with Crippen LogP contribution in [0.1, 0.15) is 25.7 Å². The Labute approximate surface area is 95.2 Å². The van der Waals surface area contributed by atoms with Crippen molar-refractivity contribution in [1.29, 1.82) is 0 Å². The van der Waals surface area contributed by atoms with Crippen LogP contribution >= 0.6 is 0 Å². The van der Waals surface area contributed by atoms with Crippen LogP contribution < -0.4 is 5.32 Å². The molecule has 0 bridgehead atoms. The van der Waals surface area contributed by atoms with E-state index in [0.29, 0.717) is 12.8 Å². The van der Waals surface area contributed by atoms with Crippen molar-refractivity contribution in [2.24, 2.45) is 11.3 Å². The Morgan fingerprint density at radius 3 is 2.24 bits per heavy atom. The van der Waals surface area contributed by atoms with Crippen LogP contribution in [0, 0.1) is 11.3 Å². The maximum absolute atomic E-state index is 12.1. The molecule has 0 saturated heterocycles. The minimum absolute atomic E-state index is 0.0944. The monoisotopic (exact) mass is 251 g/mol. The van der Waals surface area contributed by atoms with Crippen LogP contribution in [0.15, 0.2) is 0 Å². The van der Waals surface area contributed by atoms with Crippen LogP contribution in [0.3, 0.4) is 0 Å². The Kier molecular flexibility index (Phi) is 2.59. The highest BCUT2D eigenvalue weighted by molar-refractivity contribution is 5.83. The predicted molar refractivity (Wildman–Crippen MR) is 50.0 cm³/mol. The molecule has 0 aromatic heterocycles. The highest BCUT2D eigenvalue weighted by atomic mass is 19.4. The summed E-state index contributed by atoms with van der Waals surface area (Å²) >= 11 is 0. The highest BCUT2D eigenvalue weighted by Crippen LogP contribution is 2.59. The summed E-state index contributed by atoms with van der Waals surface area (Å²) in [5, 5.41) is 10.8. The van der Waals surface area contributed by atoms with Gasteiger partial charge in [0.05, 0.1) is 5.92 Å². The van der Waals surface area contributed by atoms with Crippen LogP contribution in [0.5, 0.6) is 0 Å². The highest BCUT2D eigenvalue weighted by Gasteiger charge is 2.62. The van der Waals surface area contributed by atoms with Crippen molar-refractivity contribution in [2.75, 3.05) is 0 Å². The van der Waals surface area contributed by atoms with Gasteiger partial charge in [-0.05, 0) is 19.3 Å². The van der Waals surface area contributed by atoms with E-state index in [1.165, 1.54) is 0 Å². The van der Waals surface area contributed by atoms with Gasteiger partial charge in [-0.15, -0.1) is 0 Å². The van der Waals surface area contributed by atoms with Crippen LogP contribution in [-0.2, 0) is 9.59 Å². The third-order valence-electron chi connectivity index (χ3n) is 4.00. The molecule has 1 amide bonds. The summed E-state index contributed by atoms with van der Waals surface area (Å²) in [5.74, 6) is -3.57. The summed E-state index contributed by atoms with van der Waals surface area (Å²) in [6, 6.07) is -0.647. The Bertz CT molecular complexity index is 362. The van der Waals surface area contributed by atoms with E-state index in [1.807, 2.05) is 5.32 Å². The van der Waals surface area contributed by atoms with Gasteiger partial charge in [0.2, 0.25) is 0 Å². The summed E-state index contributed by atoms with van der Waals surface area (Å²) in [6.45, 7) is 0. The van der Waals surface area contributed by atoms with E-state index < -0.39 is 35.4 Å². The standard InChI is InChI=1S/C10H12F3NO3/c11-10(12,13)8(17)14-6-4-5(7(15)16)9(6)2-1-3-9/h5-6H,1-4H2,(H,14,17)(H,15,16). The first kappa shape index (κ1) is 12.2. The molecule has 0 aliphatic heterocycles. The summed E-state index contributed by atoms with van der Waals surface area (Å²) in [4.78, 5) is 21.7. The van der Waals surface area contributed by atoms with Gasteiger partial charge in [0.25, 0.3) is 0 Å². The third-order valence-corrected chi connectivity index (χ3v) is 4.00. The quantitative estimate of drug-likeness (QED) is 0.777. The van der Waals surface area contributed by atoms with Gasteiger partial charge in [-0.3, -0.25) is 9.59 Å². The summed E-state index contributed by atoms with van der Waals surface area (Å²) in [6.07, 6.45) is -2.85. The maximum atomic E-state index is 12.1. The zero-order chi connectivity index (χ0) is 12.8. The molecule has 4 nitrogen and oxygen atoms in total. The molecule has 2 unspecified atom stereocenters. The molecule has 1 spiro atoms. The van der Waals surface area contributed by atoms with Crippen LogP contribution in [-0.4, -0.2) is 29.2 Å².